The molecule has 0 spiro atoms. The van der Waals surface area contributed by atoms with Crippen molar-refractivity contribution in [1.82, 2.24) is 0 Å². The molecule has 1 saturated carbocycles. The molecular formula is C26H29NO5. The first-order valence-electron chi connectivity index (χ1n) is 10.7. The van der Waals surface area contributed by atoms with E-state index >= 15 is 0 Å². The topological polar surface area (TPSA) is 82.0 Å². The molecule has 168 valence electrons. The number of aliphatic imine (C=N–C) groups is 1. The Morgan fingerprint density at radius 2 is 1.47 bits per heavy atom. The zero-order valence-electron chi connectivity index (χ0n) is 19.2. The summed E-state index contributed by atoms with van der Waals surface area (Å²) < 4.78 is 10.2. The van der Waals surface area contributed by atoms with E-state index in [1.54, 1.807) is 26.1 Å². The summed E-state index contributed by atoms with van der Waals surface area (Å²) in [5.41, 5.74) is 3.17. The smallest absolute Gasteiger partial charge is 0.322 e. The number of Topliss-reactive ketones (excluding diaryl/α,β-unsaturated/α-hetero) is 1. The molecule has 1 atom stereocenters. The number of carbonyl (C=O) groups excluding carboxylic acids is 3. The first-order chi connectivity index (χ1) is 15.2. The van der Waals surface area contributed by atoms with Crippen LogP contribution in [0.3, 0.4) is 0 Å². The number of ether oxygens (including phenoxy) is 2. The van der Waals surface area contributed by atoms with Gasteiger partial charge in [0.05, 0.1) is 18.6 Å². The number of hydrogen-bond acceptors (Lipinski definition) is 6. The Morgan fingerprint density at radius 3 is 1.91 bits per heavy atom. The monoisotopic (exact) mass is 435 g/mol. The van der Waals surface area contributed by atoms with Crippen molar-refractivity contribution in [1.29, 1.82) is 0 Å². The highest BCUT2D eigenvalue weighted by Gasteiger charge is 2.53. The third kappa shape index (κ3) is 4.64. The third-order valence-electron chi connectivity index (χ3n) is 5.89. The van der Waals surface area contributed by atoms with Crippen LogP contribution in [0.25, 0.3) is 11.1 Å². The number of ketones is 1. The molecule has 0 aliphatic heterocycles. The Hall–Kier alpha value is -3.28. The first-order valence-corrected chi connectivity index (χ1v) is 10.7. The van der Waals surface area contributed by atoms with Gasteiger partial charge in [-0.2, -0.15) is 0 Å². The normalized spacial score (nSPS) is 15.8. The predicted molar refractivity (Wildman–Crippen MR) is 123 cm³/mol. The Morgan fingerprint density at radius 1 is 0.938 bits per heavy atom. The van der Waals surface area contributed by atoms with Gasteiger partial charge in [0.2, 0.25) is 0 Å². The summed E-state index contributed by atoms with van der Waals surface area (Å²) in [5, 5.41) is 0. The molecule has 6 nitrogen and oxygen atoms in total. The molecule has 2 aromatic rings. The lowest BCUT2D eigenvalue weighted by Gasteiger charge is -2.17. The van der Waals surface area contributed by atoms with Gasteiger partial charge in [0.25, 0.3) is 0 Å². The maximum absolute atomic E-state index is 12.9. The van der Waals surface area contributed by atoms with Crippen molar-refractivity contribution < 1.29 is 23.9 Å². The van der Waals surface area contributed by atoms with Crippen molar-refractivity contribution in [3.8, 4) is 11.1 Å². The summed E-state index contributed by atoms with van der Waals surface area (Å²) in [4.78, 5) is 41.4. The van der Waals surface area contributed by atoms with Gasteiger partial charge in [0.1, 0.15) is 0 Å². The molecule has 0 bridgehead atoms. The van der Waals surface area contributed by atoms with Crippen LogP contribution in [0.1, 0.15) is 49.5 Å². The van der Waals surface area contributed by atoms with Gasteiger partial charge >= 0.3 is 11.9 Å². The summed E-state index contributed by atoms with van der Waals surface area (Å²) in [6, 6.07) is 15.0. The fourth-order valence-electron chi connectivity index (χ4n) is 3.75. The third-order valence-corrected chi connectivity index (χ3v) is 5.89. The van der Waals surface area contributed by atoms with E-state index < -0.39 is 17.3 Å². The average molecular weight is 436 g/mol. The number of carbonyl (C=O) groups is 3. The second-order valence-electron chi connectivity index (χ2n) is 8.38. The van der Waals surface area contributed by atoms with Crippen molar-refractivity contribution >= 4 is 23.4 Å². The summed E-state index contributed by atoms with van der Waals surface area (Å²) in [6.45, 7) is 5.35. The molecule has 0 aromatic heterocycles. The van der Waals surface area contributed by atoms with Gasteiger partial charge in [-0.15, -0.1) is 0 Å². The number of rotatable bonds is 8. The number of nitrogens with zero attached hydrogens (tertiary/aromatic N) is 1. The number of benzene rings is 2. The van der Waals surface area contributed by atoms with Gasteiger partial charge < -0.3 is 9.47 Å². The molecule has 1 unspecified atom stereocenters. The van der Waals surface area contributed by atoms with Crippen LogP contribution in [-0.2, 0) is 24.5 Å². The summed E-state index contributed by atoms with van der Waals surface area (Å²) in [7, 11) is 2.80. The van der Waals surface area contributed by atoms with Gasteiger partial charge in [-0.3, -0.25) is 19.4 Å². The highest BCUT2D eigenvalue weighted by Crippen LogP contribution is 2.49. The summed E-state index contributed by atoms with van der Waals surface area (Å²) in [5.74, 6) is -2.17. The predicted octanol–water partition coefficient (Wildman–Crippen LogP) is 4.40. The highest BCUT2D eigenvalue weighted by molar-refractivity contribution is 6.23. The quantitative estimate of drug-likeness (QED) is 0.266. The van der Waals surface area contributed by atoms with Crippen LogP contribution in [0.2, 0.25) is 0 Å². The van der Waals surface area contributed by atoms with Crippen LogP contribution in [0.4, 0.5) is 0 Å². The number of methoxy groups -OCH3 is 1. The summed E-state index contributed by atoms with van der Waals surface area (Å²) in [6.07, 6.45) is 1.47. The molecule has 3 rings (SSSR count). The molecule has 0 radical (unpaired) electrons. The van der Waals surface area contributed by atoms with Gasteiger partial charge in [0, 0.05) is 18.3 Å². The second-order valence-corrected chi connectivity index (χ2v) is 8.38. The lowest BCUT2D eigenvalue weighted by Crippen LogP contribution is -2.31. The van der Waals surface area contributed by atoms with Crippen molar-refractivity contribution in [2.75, 3.05) is 14.2 Å². The van der Waals surface area contributed by atoms with E-state index in [9.17, 15) is 14.4 Å². The largest absolute Gasteiger partial charge is 0.468 e. The Bertz CT molecular complexity index is 1030. The average Bonchev–Trinajstić information content (AvgIpc) is 3.61. The van der Waals surface area contributed by atoms with Crippen molar-refractivity contribution in [3.63, 3.8) is 0 Å². The molecule has 0 amide bonds. The van der Waals surface area contributed by atoms with Crippen LogP contribution >= 0.6 is 0 Å². The SMILES string of the molecule is CN=C(C)C(C(=O)OC)C(=O)c1ccc(-c2ccc(C3(C(=O)OC(C)C)CC3)cc2)cc1. The minimum Gasteiger partial charge on any atom is -0.468 e. The minimum absolute atomic E-state index is 0.133. The fourth-order valence-corrected chi connectivity index (χ4v) is 3.75. The van der Waals surface area contributed by atoms with E-state index in [2.05, 4.69) is 4.99 Å². The molecule has 6 heteroatoms. The molecule has 2 aromatic carbocycles. The maximum Gasteiger partial charge on any atom is 0.322 e. The van der Waals surface area contributed by atoms with E-state index in [1.165, 1.54) is 7.11 Å². The van der Waals surface area contributed by atoms with E-state index in [-0.39, 0.29) is 17.9 Å². The van der Waals surface area contributed by atoms with Crippen molar-refractivity contribution in [2.24, 2.45) is 10.9 Å². The maximum atomic E-state index is 12.9. The van der Waals surface area contributed by atoms with E-state index in [0.717, 1.165) is 29.5 Å². The lowest BCUT2D eigenvalue weighted by molar-refractivity contribution is -0.150. The first kappa shape index (κ1) is 23.4. The van der Waals surface area contributed by atoms with Crippen LogP contribution < -0.4 is 0 Å². The second kappa shape index (κ2) is 9.47. The van der Waals surface area contributed by atoms with Gasteiger partial charge in [-0.25, -0.2) is 0 Å². The van der Waals surface area contributed by atoms with E-state index in [4.69, 9.17) is 9.47 Å². The van der Waals surface area contributed by atoms with Crippen LogP contribution in [0, 0.1) is 5.92 Å². The van der Waals surface area contributed by atoms with E-state index in [1.807, 2.05) is 50.2 Å². The van der Waals surface area contributed by atoms with Gasteiger partial charge in [-0.05, 0) is 50.3 Å². The Balaban J connectivity index is 1.79. The zero-order valence-corrected chi connectivity index (χ0v) is 19.2. The Kier molecular flexibility index (Phi) is 6.92. The highest BCUT2D eigenvalue weighted by atomic mass is 16.5. The molecule has 0 saturated heterocycles. The number of esters is 2. The van der Waals surface area contributed by atoms with E-state index in [0.29, 0.717) is 11.3 Å². The van der Waals surface area contributed by atoms with Crippen LogP contribution in [-0.4, -0.2) is 43.7 Å². The molecule has 32 heavy (non-hydrogen) atoms. The molecular weight excluding hydrogens is 406 g/mol. The van der Waals surface area contributed by atoms with Gasteiger partial charge in [0.15, 0.2) is 11.7 Å². The zero-order chi connectivity index (χ0) is 23.5. The lowest BCUT2D eigenvalue weighted by atomic mass is 9.91. The molecule has 1 fully saturated rings. The van der Waals surface area contributed by atoms with Crippen LogP contribution in [0.5, 0.6) is 0 Å². The number of hydrogen-bond donors (Lipinski definition) is 0. The molecule has 0 N–H and O–H groups in total. The molecule has 1 aliphatic carbocycles. The molecule has 1 aliphatic rings. The molecule has 0 heterocycles. The van der Waals surface area contributed by atoms with Crippen molar-refractivity contribution in [3.05, 3.63) is 59.7 Å². The Labute approximate surface area is 188 Å². The van der Waals surface area contributed by atoms with Crippen molar-refractivity contribution in [2.45, 2.75) is 45.1 Å². The summed E-state index contributed by atoms with van der Waals surface area (Å²) >= 11 is 0. The van der Waals surface area contributed by atoms with Gasteiger partial charge in [-0.1, -0.05) is 48.5 Å². The standard InChI is InChI=1S/C26H29NO5/c1-16(2)32-25(30)26(14-15-26)21-12-10-19(11-13-21)18-6-8-20(9-7-18)23(28)22(17(3)27-4)24(29)31-5/h6-13,16,22H,14-15H2,1-5H3. The minimum atomic E-state index is -1.05. The van der Waals surface area contributed by atoms with Crippen LogP contribution in [0.15, 0.2) is 53.5 Å². The fraction of sp³-hybridized carbons (Fsp3) is 0.385.